The molecule has 29 heavy (non-hydrogen) atoms. The van der Waals surface area contributed by atoms with E-state index in [1.807, 2.05) is 53.9 Å². The molecule has 2 aromatic heterocycles. The minimum absolute atomic E-state index is 0.0480. The molecule has 6 nitrogen and oxygen atoms in total. The fraction of sp³-hybridized carbons (Fsp3) is 0.318. The van der Waals surface area contributed by atoms with Gasteiger partial charge in [0.15, 0.2) is 5.82 Å². The van der Waals surface area contributed by atoms with Crippen molar-refractivity contribution in [3.63, 3.8) is 0 Å². The average Bonchev–Trinajstić information content (AvgIpc) is 3.33. The Hall–Kier alpha value is -2.93. The van der Waals surface area contributed by atoms with Gasteiger partial charge < -0.3 is 15.0 Å². The summed E-state index contributed by atoms with van der Waals surface area (Å²) in [5, 5.41) is 13.9. The number of thiophene rings is 1. The number of methoxy groups -OCH3 is 1. The second-order valence-corrected chi connectivity index (χ2v) is 8.06. The number of nitrogens with one attached hydrogen (secondary N) is 1. The van der Waals surface area contributed by atoms with Crippen LogP contribution in [0.15, 0.2) is 53.9 Å². The minimum atomic E-state index is -0.0480. The van der Waals surface area contributed by atoms with Crippen LogP contribution in [0.3, 0.4) is 0 Å². The lowest BCUT2D eigenvalue weighted by atomic mass is 9.97. The fourth-order valence-corrected chi connectivity index (χ4v) is 4.26. The van der Waals surface area contributed by atoms with E-state index >= 15 is 0 Å². The van der Waals surface area contributed by atoms with E-state index < -0.39 is 0 Å². The van der Waals surface area contributed by atoms with Crippen molar-refractivity contribution in [3.05, 3.63) is 59.5 Å². The van der Waals surface area contributed by atoms with Crippen molar-refractivity contribution in [3.8, 4) is 16.3 Å². The Morgan fingerprint density at radius 2 is 2.17 bits per heavy atom. The van der Waals surface area contributed by atoms with Crippen LogP contribution in [0, 0.1) is 5.92 Å². The van der Waals surface area contributed by atoms with Crippen LogP contribution in [0.1, 0.15) is 18.4 Å². The Kier molecular flexibility index (Phi) is 6.05. The fourth-order valence-electron chi connectivity index (χ4n) is 3.56. The number of nitrogens with zero attached hydrogens (tertiary/aromatic N) is 3. The zero-order valence-corrected chi connectivity index (χ0v) is 17.2. The lowest BCUT2D eigenvalue weighted by Gasteiger charge is -2.32. The molecule has 1 aliphatic heterocycles. The normalized spacial score (nSPS) is 16.4. The first kappa shape index (κ1) is 19.4. The summed E-state index contributed by atoms with van der Waals surface area (Å²) in [5.41, 5.74) is 1.91. The topological polar surface area (TPSA) is 67.3 Å². The molecule has 0 bridgehead atoms. The number of hydrogen-bond acceptors (Lipinski definition) is 6. The van der Waals surface area contributed by atoms with Crippen molar-refractivity contribution >= 4 is 23.1 Å². The van der Waals surface area contributed by atoms with E-state index in [2.05, 4.69) is 20.4 Å². The van der Waals surface area contributed by atoms with Gasteiger partial charge in [0.05, 0.1) is 17.9 Å². The number of benzene rings is 1. The van der Waals surface area contributed by atoms with Crippen molar-refractivity contribution in [2.75, 3.05) is 25.1 Å². The maximum atomic E-state index is 12.7. The minimum Gasteiger partial charge on any atom is -0.497 e. The first-order chi connectivity index (χ1) is 14.2. The number of rotatable bonds is 6. The maximum Gasteiger partial charge on any atom is 0.225 e. The van der Waals surface area contributed by atoms with Crippen LogP contribution in [0.25, 0.3) is 10.6 Å². The molecule has 1 unspecified atom stereocenters. The largest absolute Gasteiger partial charge is 0.497 e. The zero-order valence-electron chi connectivity index (χ0n) is 16.4. The number of amides is 1. The van der Waals surface area contributed by atoms with E-state index in [1.165, 1.54) is 0 Å². The van der Waals surface area contributed by atoms with Gasteiger partial charge in [-0.25, -0.2) is 0 Å². The zero-order chi connectivity index (χ0) is 20.1. The van der Waals surface area contributed by atoms with Gasteiger partial charge >= 0.3 is 0 Å². The number of hydrogen-bond donors (Lipinski definition) is 1. The highest BCUT2D eigenvalue weighted by Gasteiger charge is 2.26. The van der Waals surface area contributed by atoms with Crippen LogP contribution in [0.5, 0.6) is 5.75 Å². The summed E-state index contributed by atoms with van der Waals surface area (Å²) < 4.78 is 5.24. The summed E-state index contributed by atoms with van der Waals surface area (Å²) >= 11 is 1.65. The van der Waals surface area contributed by atoms with Gasteiger partial charge in [0.2, 0.25) is 5.91 Å². The number of carbonyl (C=O) groups is 1. The Bertz CT molecular complexity index is 944. The molecule has 1 amide bonds. The maximum absolute atomic E-state index is 12.7. The van der Waals surface area contributed by atoms with Crippen LogP contribution in [0.4, 0.5) is 5.82 Å². The first-order valence-corrected chi connectivity index (χ1v) is 10.6. The number of carbonyl (C=O) groups excluding carboxylic acids is 1. The van der Waals surface area contributed by atoms with E-state index in [0.717, 1.165) is 47.1 Å². The number of anilines is 1. The molecule has 3 aromatic rings. The molecule has 1 atom stereocenters. The molecule has 1 N–H and O–H groups in total. The molecule has 150 valence electrons. The summed E-state index contributed by atoms with van der Waals surface area (Å²) in [4.78, 5) is 16.0. The Morgan fingerprint density at radius 3 is 2.93 bits per heavy atom. The number of ether oxygens (including phenoxy) is 1. The highest BCUT2D eigenvalue weighted by molar-refractivity contribution is 7.13. The first-order valence-electron chi connectivity index (χ1n) is 9.76. The van der Waals surface area contributed by atoms with Gasteiger partial charge in [-0.3, -0.25) is 4.79 Å². The molecular weight excluding hydrogens is 384 g/mol. The van der Waals surface area contributed by atoms with Crippen LogP contribution in [-0.2, 0) is 11.3 Å². The summed E-state index contributed by atoms with van der Waals surface area (Å²) in [5.74, 6) is 1.66. The van der Waals surface area contributed by atoms with Gasteiger partial charge in [0.1, 0.15) is 11.4 Å². The summed E-state index contributed by atoms with van der Waals surface area (Å²) in [7, 11) is 1.64. The van der Waals surface area contributed by atoms with E-state index in [4.69, 9.17) is 4.74 Å². The van der Waals surface area contributed by atoms with Gasteiger partial charge in [-0.1, -0.05) is 18.2 Å². The van der Waals surface area contributed by atoms with Crippen molar-refractivity contribution in [1.82, 2.24) is 15.5 Å². The lowest BCUT2D eigenvalue weighted by Crippen LogP contribution is -2.43. The smallest absolute Gasteiger partial charge is 0.225 e. The van der Waals surface area contributed by atoms with E-state index in [0.29, 0.717) is 13.1 Å². The van der Waals surface area contributed by atoms with E-state index in [1.54, 1.807) is 18.4 Å². The van der Waals surface area contributed by atoms with E-state index in [9.17, 15) is 4.79 Å². The summed E-state index contributed by atoms with van der Waals surface area (Å²) in [6.07, 6.45) is 1.85. The van der Waals surface area contributed by atoms with Crippen molar-refractivity contribution in [2.24, 2.45) is 5.92 Å². The molecule has 7 heteroatoms. The summed E-state index contributed by atoms with van der Waals surface area (Å²) in [6.45, 7) is 2.06. The third kappa shape index (κ3) is 4.74. The number of aromatic nitrogens is 2. The average molecular weight is 409 g/mol. The molecule has 0 radical (unpaired) electrons. The van der Waals surface area contributed by atoms with Crippen molar-refractivity contribution < 1.29 is 9.53 Å². The van der Waals surface area contributed by atoms with Gasteiger partial charge in [-0.05, 0) is 54.1 Å². The van der Waals surface area contributed by atoms with Gasteiger partial charge in [-0.15, -0.1) is 21.5 Å². The van der Waals surface area contributed by atoms with Crippen molar-refractivity contribution in [2.45, 2.75) is 19.4 Å². The third-order valence-corrected chi connectivity index (χ3v) is 6.03. The molecule has 4 rings (SSSR count). The van der Waals surface area contributed by atoms with E-state index in [-0.39, 0.29) is 11.8 Å². The second kappa shape index (κ2) is 9.05. The molecule has 0 saturated carbocycles. The molecule has 3 heterocycles. The molecule has 1 fully saturated rings. The molecule has 0 spiro atoms. The molecule has 1 aliphatic rings. The Balaban J connectivity index is 1.35. The van der Waals surface area contributed by atoms with Crippen LogP contribution < -0.4 is 15.0 Å². The second-order valence-electron chi connectivity index (χ2n) is 7.11. The Labute approximate surface area is 174 Å². The quantitative estimate of drug-likeness (QED) is 0.673. The SMILES string of the molecule is COc1cccc(CNC(=O)C2CCCN(c3ccc(-c4cccs4)nn3)C2)c1. The van der Waals surface area contributed by atoms with Gasteiger partial charge in [-0.2, -0.15) is 0 Å². The third-order valence-electron chi connectivity index (χ3n) is 5.14. The van der Waals surface area contributed by atoms with Crippen LogP contribution in [0.2, 0.25) is 0 Å². The van der Waals surface area contributed by atoms with Crippen molar-refractivity contribution in [1.29, 1.82) is 0 Å². The van der Waals surface area contributed by atoms with Crippen LogP contribution in [-0.4, -0.2) is 36.3 Å². The molecule has 1 aromatic carbocycles. The Morgan fingerprint density at radius 1 is 1.24 bits per heavy atom. The van der Waals surface area contributed by atoms with Gasteiger partial charge in [0.25, 0.3) is 0 Å². The standard InChI is InChI=1S/C22H24N4O2S/c1-28-18-7-2-5-16(13-18)14-23-22(27)17-6-3-11-26(15-17)21-10-9-19(24-25-21)20-8-4-12-29-20/h2,4-5,7-10,12-13,17H,3,6,11,14-15H2,1H3,(H,23,27). The highest BCUT2D eigenvalue weighted by atomic mass is 32.1. The predicted molar refractivity (Wildman–Crippen MR) is 115 cm³/mol. The lowest BCUT2D eigenvalue weighted by molar-refractivity contribution is -0.125. The monoisotopic (exact) mass is 408 g/mol. The number of piperidine rings is 1. The molecular formula is C22H24N4O2S. The highest BCUT2D eigenvalue weighted by Crippen LogP contribution is 2.25. The van der Waals surface area contributed by atoms with Crippen LogP contribution >= 0.6 is 11.3 Å². The molecule has 1 saturated heterocycles. The predicted octanol–water partition coefficient (Wildman–Crippen LogP) is 3.75. The molecule has 0 aliphatic carbocycles. The van der Waals surface area contributed by atoms with Gasteiger partial charge in [0, 0.05) is 19.6 Å². The summed E-state index contributed by atoms with van der Waals surface area (Å²) in [6, 6.07) is 15.8.